The van der Waals surface area contributed by atoms with Crippen molar-refractivity contribution in [3.8, 4) is 18.2 Å². The number of benzene rings is 2. The second-order valence-corrected chi connectivity index (χ2v) is 4.67. The lowest BCUT2D eigenvalue weighted by molar-refractivity contribution is 0.358. The minimum Gasteiger partial charge on any atom is -0.463 e. The summed E-state index contributed by atoms with van der Waals surface area (Å²) in [6, 6.07) is 19.7. The third kappa shape index (κ3) is 3.13. The molecule has 0 N–H and O–H groups in total. The number of nitrogens with zero attached hydrogens (tertiary/aromatic N) is 2. The van der Waals surface area contributed by atoms with Crippen molar-refractivity contribution in [3.63, 3.8) is 0 Å². The zero-order valence-electron chi connectivity index (χ0n) is 11.9. The summed E-state index contributed by atoms with van der Waals surface area (Å²) in [6.45, 7) is 0.166. The fraction of sp³-hybridized carbons (Fsp3) is 0.0526. The van der Waals surface area contributed by atoms with E-state index in [0.717, 1.165) is 16.5 Å². The lowest BCUT2D eigenvalue weighted by Crippen LogP contribution is -1.97. The van der Waals surface area contributed by atoms with E-state index in [2.05, 4.69) is 15.9 Å². The van der Waals surface area contributed by atoms with E-state index in [1.54, 1.807) is 6.21 Å². The summed E-state index contributed by atoms with van der Waals surface area (Å²) in [7, 11) is 0. The van der Waals surface area contributed by atoms with Crippen molar-refractivity contribution in [2.24, 2.45) is 4.99 Å². The quantitative estimate of drug-likeness (QED) is 0.536. The van der Waals surface area contributed by atoms with Crippen LogP contribution < -0.4 is 4.74 Å². The molecular weight excluding hydrogens is 272 g/mol. The van der Waals surface area contributed by atoms with Gasteiger partial charge in [-0.2, -0.15) is 0 Å². The van der Waals surface area contributed by atoms with Crippen molar-refractivity contribution in [1.82, 2.24) is 4.98 Å². The summed E-state index contributed by atoms with van der Waals surface area (Å²) in [6.07, 6.45) is 7.05. The standard InChI is InChI=1S/C19H14N2O/c1-2-12-22-19-18(20-14-15-8-4-3-5-9-15)13-16-10-6-7-11-17(16)21-19/h1,3-11,13-14H,12H2. The van der Waals surface area contributed by atoms with E-state index < -0.39 is 0 Å². The monoisotopic (exact) mass is 286 g/mol. The van der Waals surface area contributed by atoms with Gasteiger partial charge in [0.2, 0.25) is 5.88 Å². The summed E-state index contributed by atoms with van der Waals surface area (Å²) < 4.78 is 5.52. The van der Waals surface area contributed by atoms with E-state index in [4.69, 9.17) is 11.2 Å². The van der Waals surface area contributed by atoms with Gasteiger partial charge in [0, 0.05) is 11.6 Å². The lowest BCUT2D eigenvalue weighted by atomic mass is 10.2. The molecule has 0 fully saturated rings. The zero-order chi connectivity index (χ0) is 15.2. The molecule has 0 radical (unpaired) electrons. The number of ether oxygens (including phenoxy) is 1. The van der Waals surface area contributed by atoms with E-state index in [1.807, 2.05) is 60.7 Å². The molecule has 2 aromatic carbocycles. The molecule has 1 aromatic heterocycles. The highest BCUT2D eigenvalue weighted by Crippen LogP contribution is 2.29. The van der Waals surface area contributed by atoms with E-state index in [9.17, 15) is 0 Å². The number of hydrogen-bond donors (Lipinski definition) is 0. The Labute approximate surface area is 129 Å². The number of aliphatic imine (C=N–C) groups is 1. The largest absolute Gasteiger partial charge is 0.463 e. The summed E-state index contributed by atoms with van der Waals surface area (Å²) >= 11 is 0. The van der Waals surface area contributed by atoms with Gasteiger partial charge in [-0.1, -0.05) is 54.5 Å². The van der Waals surface area contributed by atoms with Gasteiger partial charge in [-0.05, 0) is 17.7 Å². The van der Waals surface area contributed by atoms with E-state index in [0.29, 0.717) is 11.6 Å². The highest BCUT2D eigenvalue weighted by molar-refractivity contribution is 5.87. The molecule has 3 rings (SSSR count). The normalized spacial score (nSPS) is 10.7. The zero-order valence-corrected chi connectivity index (χ0v) is 11.9. The van der Waals surface area contributed by atoms with Crippen LogP contribution >= 0.6 is 0 Å². The van der Waals surface area contributed by atoms with Crippen LogP contribution in [-0.2, 0) is 0 Å². The Hall–Kier alpha value is -3.12. The molecule has 3 nitrogen and oxygen atoms in total. The Morgan fingerprint density at radius 3 is 2.68 bits per heavy atom. The van der Waals surface area contributed by atoms with Crippen molar-refractivity contribution in [1.29, 1.82) is 0 Å². The first-order chi connectivity index (χ1) is 10.9. The number of hydrogen-bond acceptors (Lipinski definition) is 3. The Morgan fingerprint density at radius 1 is 1.09 bits per heavy atom. The third-order valence-electron chi connectivity index (χ3n) is 3.11. The van der Waals surface area contributed by atoms with Gasteiger partial charge in [-0.3, -0.25) is 4.99 Å². The second-order valence-electron chi connectivity index (χ2n) is 4.67. The van der Waals surface area contributed by atoms with E-state index >= 15 is 0 Å². The molecule has 0 saturated carbocycles. The smallest absolute Gasteiger partial charge is 0.241 e. The van der Waals surface area contributed by atoms with Crippen molar-refractivity contribution in [2.75, 3.05) is 6.61 Å². The molecule has 0 aliphatic heterocycles. The highest BCUT2D eigenvalue weighted by atomic mass is 16.5. The number of pyridine rings is 1. The number of terminal acetylenes is 1. The van der Waals surface area contributed by atoms with Crippen molar-refractivity contribution < 1.29 is 4.74 Å². The molecule has 0 bridgehead atoms. The lowest BCUT2D eigenvalue weighted by Gasteiger charge is -2.07. The van der Waals surface area contributed by atoms with Gasteiger partial charge in [0.1, 0.15) is 5.69 Å². The van der Waals surface area contributed by atoms with Crippen LogP contribution in [0.3, 0.4) is 0 Å². The first-order valence-electron chi connectivity index (χ1n) is 6.92. The van der Waals surface area contributed by atoms with Crippen LogP contribution in [0.2, 0.25) is 0 Å². The molecule has 106 valence electrons. The molecule has 0 amide bonds. The fourth-order valence-electron chi connectivity index (χ4n) is 2.08. The predicted octanol–water partition coefficient (Wildman–Crippen LogP) is 4.00. The molecule has 0 aliphatic rings. The van der Waals surface area contributed by atoms with E-state index in [-0.39, 0.29) is 6.61 Å². The molecular formula is C19H14N2O. The van der Waals surface area contributed by atoms with Gasteiger partial charge >= 0.3 is 0 Å². The summed E-state index contributed by atoms with van der Waals surface area (Å²) in [5, 5.41) is 1.01. The first-order valence-corrected chi connectivity index (χ1v) is 6.92. The molecule has 0 aliphatic carbocycles. The van der Waals surface area contributed by atoms with Crippen molar-refractivity contribution >= 4 is 22.8 Å². The van der Waals surface area contributed by atoms with Crippen LogP contribution in [0.15, 0.2) is 65.7 Å². The van der Waals surface area contributed by atoms with Gasteiger partial charge < -0.3 is 4.74 Å². The molecule has 1 heterocycles. The average Bonchev–Trinajstić information content (AvgIpc) is 2.58. The Balaban J connectivity index is 2.02. The number of para-hydroxylation sites is 1. The summed E-state index contributed by atoms with van der Waals surface area (Å²) in [5.74, 6) is 2.90. The SMILES string of the molecule is C#CCOc1nc2ccccc2cc1N=Cc1ccccc1. The first kappa shape index (κ1) is 13.8. The minimum atomic E-state index is 0.166. The van der Waals surface area contributed by atoms with Gasteiger partial charge in [-0.15, -0.1) is 6.42 Å². The Kier molecular flexibility index (Phi) is 4.12. The van der Waals surface area contributed by atoms with Crippen LogP contribution in [0.25, 0.3) is 10.9 Å². The van der Waals surface area contributed by atoms with Crippen LogP contribution in [0.1, 0.15) is 5.56 Å². The molecule has 0 spiro atoms. The Morgan fingerprint density at radius 2 is 1.86 bits per heavy atom. The highest BCUT2D eigenvalue weighted by Gasteiger charge is 2.06. The maximum Gasteiger partial charge on any atom is 0.241 e. The van der Waals surface area contributed by atoms with Crippen LogP contribution in [0.5, 0.6) is 5.88 Å². The van der Waals surface area contributed by atoms with Gasteiger partial charge in [0.05, 0.1) is 5.52 Å². The third-order valence-corrected chi connectivity index (χ3v) is 3.11. The molecule has 0 saturated heterocycles. The van der Waals surface area contributed by atoms with Crippen molar-refractivity contribution in [3.05, 3.63) is 66.2 Å². The topological polar surface area (TPSA) is 34.5 Å². The number of rotatable bonds is 4. The molecule has 0 atom stereocenters. The molecule has 3 heteroatoms. The van der Waals surface area contributed by atoms with Crippen molar-refractivity contribution in [2.45, 2.75) is 0 Å². The summed E-state index contributed by atoms with van der Waals surface area (Å²) in [4.78, 5) is 8.99. The molecule has 22 heavy (non-hydrogen) atoms. The second kappa shape index (κ2) is 6.55. The van der Waals surface area contributed by atoms with Crippen LogP contribution in [0, 0.1) is 12.3 Å². The number of fused-ring (bicyclic) bond motifs is 1. The van der Waals surface area contributed by atoms with Gasteiger partial charge in [0.15, 0.2) is 6.61 Å². The van der Waals surface area contributed by atoms with Crippen LogP contribution in [-0.4, -0.2) is 17.8 Å². The Bertz CT molecular complexity index is 848. The molecule has 0 unspecified atom stereocenters. The van der Waals surface area contributed by atoms with E-state index in [1.165, 1.54) is 0 Å². The number of aromatic nitrogens is 1. The maximum atomic E-state index is 5.52. The average molecular weight is 286 g/mol. The van der Waals surface area contributed by atoms with Gasteiger partial charge in [0.25, 0.3) is 0 Å². The fourth-order valence-corrected chi connectivity index (χ4v) is 2.08. The maximum absolute atomic E-state index is 5.52. The molecule has 3 aromatic rings. The van der Waals surface area contributed by atoms with Gasteiger partial charge in [-0.25, -0.2) is 4.98 Å². The van der Waals surface area contributed by atoms with Crippen LogP contribution in [0.4, 0.5) is 5.69 Å². The minimum absolute atomic E-state index is 0.166. The predicted molar refractivity (Wildman–Crippen MR) is 89.8 cm³/mol. The summed E-state index contributed by atoms with van der Waals surface area (Å²) in [5.41, 5.74) is 2.53.